The van der Waals surface area contributed by atoms with Gasteiger partial charge in [-0.2, -0.15) is 13.2 Å². The van der Waals surface area contributed by atoms with Crippen LogP contribution in [-0.2, 0) is 12.7 Å². The number of likely N-dealkylation sites (tertiary alicyclic amines) is 1. The molecule has 7 nitrogen and oxygen atoms in total. The van der Waals surface area contributed by atoms with Crippen LogP contribution in [0.3, 0.4) is 0 Å². The van der Waals surface area contributed by atoms with Gasteiger partial charge in [-0.3, -0.25) is 14.5 Å². The largest absolute Gasteiger partial charge is 0.455 e. The molecule has 0 bridgehead atoms. The zero-order chi connectivity index (χ0) is 27.0. The minimum absolute atomic E-state index is 0.00767. The number of nitrogens with one attached hydrogen (secondary N) is 1. The van der Waals surface area contributed by atoms with Gasteiger partial charge in [0.15, 0.2) is 5.76 Å². The van der Waals surface area contributed by atoms with Crippen molar-refractivity contribution in [2.75, 3.05) is 18.4 Å². The molecule has 1 aromatic carbocycles. The number of alkyl halides is 3. The first kappa shape index (κ1) is 25.9. The van der Waals surface area contributed by atoms with Gasteiger partial charge in [-0.1, -0.05) is 36.2 Å². The van der Waals surface area contributed by atoms with E-state index in [1.54, 1.807) is 30.3 Å². The van der Waals surface area contributed by atoms with Gasteiger partial charge >= 0.3 is 6.18 Å². The van der Waals surface area contributed by atoms with Gasteiger partial charge in [0.25, 0.3) is 11.8 Å². The van der Waals surface area contributed by atoms with Crippen LogP contribution in [0.25, 0.3) is 21.3 Å². The van der Waals surface area contributed by atoms with E-state index in [0.29, 0.717) is 29.2 Å². The van der Waals surface area contributed by atoms with Crippen molar-refractivity contribution in [3.63, 3.8) is 0 Å². The molecular formula is C27H25F3N4O3S. The molecule has 0 atom stereocenters. The zero-order valence-electron chi connectivity index (χ0n) is 20.5. The smallest absolute Gasteiger partial charge is 0.433 e. The molecular weight excluding hydrogens is 517 g/mol. The number of furan rings is 1. The van der Waals surface area contributed by atoms with E-state index >= 15 is 0 Å². The maximum absolute atomic E-state index is 13.7. The summed E-state index contributed by atoms with van der Waals surface area (Å²) in [5.74, 6) is -0.897. The lowest BCUT2D eigenvalue weighted by Crippen LogP contribution is -2.28. The summed E-state index contributed by atoms with van der Waals surface area (Å²) < 4.78 is 46.9. The molecule has 4 aromatic rings. The summed E-state index contributed by atoms with van der Waals surface area (Å²) in [6, 6.07) is 11.1. The summed E-state index contributed by atoms with van der Waals surface area (Å²) in [7, 11) is 0. The van der Waals surface area contributed by atoms with E-state index < -0.39 is 23.7 Å². The molecule has 0 radical (unpaired) electrons. The van der Waals surface area contributed by atoms with Crippen molar-refractivity contribution in [3.8, 4) is 11.1 Å². The number of benzene rings is 1. The number of fused-ring (bicyclic) bond motifs is 1. The number of aromatic nitrogens is 1. The number of hydrogen-bond donors (Lipinski definition) is 2. The number of amides is 2. The SMILES string of the molecule is Cc1ccc(-c2cc(C(F)(F)F)nc3sc(C(N)=O)c(NC(=O)c4ccc(CN5CCCCC5)o4)c23)cc1. The summed E-state index contributed by atoms with van der Waals surface area (Å²) in [4.78, 5) is 31.3. The number of aryl methyl sites for hydroxylation is 1. The lowest BCUT2D eigenvalue weighted by atomic mass is 10.00. The minimum atomic E-state index is -4.72. The second-order valence-electron chi connectivity index (χ2n) is 9.33. The fraction of sp³-hybridized carbons (Fsp3) is 0.296. The molecule has 1 aliphatic heterocycles. The minimum Gasteiger partial charge on any atom is -0.455 e. The van der Waals surface area contributed by atoms with Crippen LogP contribution in [0.2, 0.25) is 0 Å². The van der Waals surface area contributed by atoms with E-state index in [1.165, 1.54) is 12.5 Å². The monoisotopic (exact) mass is 542 g/mol. The summed E-state index contributed by atoms with van der Waals surface area (Å²) in [5, 5.41) is 2.87. The standard InChI is InChI=1S/C27H25F3N4O3S/c1-15-5-7-16(8-6-15)18-13-20(27(28,29)30)32-26-21(18)22(23(38-26)24(31)35)33-25(36)19-10-9-17(37-19)14-34-11-3-2-4-12-34/h5-10,13H,2-4,11-12,14H2,1H3,(H2,31,35)(H,33,36). The molecule has 38 heavy (non-hydrogen) atoms. The average molecular weight is 543 g/mol. The van der Waals surface area contributed by atoms with E-state index in [4.69, 9.17) is 10.2 Å². The number of piperidine rings is 1. The Labute approximate surface area is 220 Å². The topological polar surface area (TPSA) is 101 Å². The van der Waals surface area contributed by atoms with Gasteiger partial charge in [-0.25, -0.2) is 4.98 Å². The number of primary amides is 1. The number of halogens is 3. The van der Waals surface area contributed by atoms with Gasteiger partial charge in [-0.15, -0.1) is 11.3 Å². The van der Waals surface area contributed by atoms with Crippen LogP contribution >= 0.6 is 11.3 Å². The van der Waals surface area contributed by atoms with Crippen molar-refractivity contribution < 1.29 is 27.2 Å². The maximum Gasteiger partial charge on any atom is 0.433 e. The molecule has 0 unspecified atom stereocenters. The first-order valence-electron chi connectivity index (χ1n) is 12.1. The zero-order valence-corrected chi connectivity index (χ0v) is 21.3. The molecule has 1 saturated heterocycles. The predicted molar refractivity (Wildman–Crippen MR) is 139 cm³/mol. The molecule has 198 valence electrons. The van der Waals surface area contributed by atoms with E-state index in [9.17, 15) is 22.8 Å². The van der Waals surface area contributed by atoms with Crippen LogP contribution in [0.15, 0.2) is 46.9 Å². The number of nitrogens with two attached hydrogens (primary N) is 1. The Morgan fingerprint density at radius 2 is 1.82 bits per heavy atom. The quantitative estimate of drug-likeness (QED) is 0.301. The number of thiophene rings is 1. The van der Waals surface area contributed by atoms with Gasteiger partial charge in [0.05, 0.1) is 12.2 Å². The van der Waals surface area contributed by atoms with Crippen LogP contribution in [-0.4, -0.2) is 34.8 Å². The molecule has 5 rings (SSSR count). The number of anilines is 1. The highest BCUT2D eigenvalue weighted by Crippen LogP contribution is 2.43. The fourth-order valence-electron chi connectivity index (χ4n) is 4.60. The molecule has 1 fully saturated rings. The molecule has 11 heteroatoms. The molecule has 1 aliphatic rings. The molecule has 3 N–H and O–H groups in total. The van der Waals surface area contributed by atoms with Crippen LogP contribution in [0.4, 0.5) is 18.9 Å². The maximum atomic E-state index is 13.7. The second kappa shape index (κ2) is 10.2. The van der Waals surface area contributed by atoms with Crippen molar-refractivity contribution in [2.24, 2.45) is 5.73 Å². The number of carbonyl (C=O) groups is 2. The highest BCUT2D eigenvalue weighted by Gasteiger charge is 2.35. The highest BCUT2D eigenvalue weighted by molar-refractivity contribution is 7.21. The van der Waals surface area contributed by atoms with Crippen molar-refractivity contribution in [1.29, 1.82) is 0 Å². The van der Waals surface area contributed by atoms with Gasteiger partial charge in [0.1, 0.15) is 21.2 Å². The van der Waals surface area contributed by atoms with Crippen LogP contribution in [0.5, 0.6) is 0 Å². The molecule has 4 heterocycles. The number of pyridine rings is 1. The van der Waals surface area contributed by atoms with E-state index in [0.717, 1.165) is 37.6 Å². The molecule has 2 amide bonds. The Balaban J connectivity index is 1.56. The van der Waals surface area contributed by atoms with E-state index in [2.05, 4.69) is 15.2 Å². The molecule has 3 aromatic heterocycles. The second-order valence-corrected chi connectivity index (χ2v) is 10.3. The summed E-state index contributed by atoms with van der Waals surface area (Å²) >= 11 is 0.702. The Morgan fingerprint density at radius 3 is 2.47 bits per heavy atom. The number of nitrogens with zero attached hydrogens (tertiary/aromatic N) is 2. The number of carbonyl (C=O) groups excluding carboxylic acids is 2. The van der Waals surface area contributed by atoms with Crippen molar-refractivity contribution in [2.45, 2.75) is 38.9 Å². The fourth-order valence-corrected chi connectivity index (χ4v) is 5.60. The van der Waals surface area contributed by atoms with Gasteiger partial charge in [-0.05, 0) is 62.2 Å². The van der Waals surface area contributed by atoms with Crippen LogP contribution < -0.4 is 11.1 Å². The predicted octanol–water partition coefficient (Wildman–Crippen LogP) is 6.22. The lowest BCUT2D eigenvalue weighted by Gasteiger charge is -2.25. The molecule has 0 saturated carbocycles. The third-order valence-electron chi connectivity index (χ3n) is 6.49. The molecule has 0 spiro atoms. The first-order chi connectivity index (χ1) is 18.1. The summed E-state index contributed by atoms with van der Waals surface area (Å²) in [6.07, 6.45) is -1.29. The van der Waals surface area contributed by atoms with Crippen LogP contribution in [0, 0.1) is 6.92 Å². The van der Waals surface area contributed by atoms with Gasteiger partial charge in [0, 0.05) is 5.39 Å². The summed E-state index contributed by atoms with van der Waals surface area (Å²) in [6.45, 7) is 4.35. The Hall–Kier alpha value is -3.70. The molecule has 0 aliphatic carbocycles. The highest BCUT2D eigenvalue weighted by atomic mass is 32.1. The number of hydrogen-bond acceptors (Lipinski definition) is 6. The Kier molecular flexibility index (Phi) is 6.97. The third kappa shape index (κ3) is 5.30. The normalized spacial score (nSPS) is 14.6. The number of rotatable bonds is 6. The third-order valence-corrected chi connectivity index (χ3v) is 7.59. The van der Waals surface area contributed by atoms with Crippen molar-refractivity contribution in [1.82, 2.24) is 9.88 Å². The van der Waals surface area contributed by atoms with E-state index in [-0.39, 0.29) is 32.1 Å². The summed E-state index contributed by atoms with van der Waals surface area (Å²) in [5.41, 5.74) is 6.04. The first-order valence-corrected chi connectivity index (χ1v) is 13.0. The van der Waals surface area contributed by atoms with Gasteiger partial charge in [0.2, 0.25) is 0 Å². The Bertz CT molecular complexity index is 1500. The average Bonchev–Trinajstić information content (AvgIpc) is 3.49. The van der Waals surface area contributed by atoms with E-state index in [1.807, 2.05) is 6.92 Å². The van der Waals surface area contributed by atoms with Gasteiger partial charge < -0.3 is 15.5 Å². The lowest BCUT2D eigenvalue weighted by molar-refractivity contribution is -0.140. The van der Waals surface area contributed by atoms with Crippen molar-refractivity contribution >= 4 is 39.1 Å². The van der Waals surface area contributed by atoms with Crippen LogP contribution in [0.1, 0.15) is 56.5 Å². The van der Waals surface area contributed by atoms with Crippen molar-refractivity contribution in [3.05, 3.63) is 70.1 Å². The Morgan fingerprint density at radius 1 is 1.11 bits per heavy atom.